The Kier molecular flexibility index (Phi) is 6.20. The van der Waals surface area contributed by atoms with Crippen LogP contribution in [0.5, 0.6) is 5.75 Å². The van der Waals surface area contributed by atoms with E-state index in [-0.39, 0.29) is 24.3 Å². The van der Waals surface area contributed by atoms with Gasteiger partial charge in [-0.15, -0.1) is 0 Å². The molecule has 1 unspecified atom stereocenters. The van der Waals surface area contributed by atoms with Crippen LogP contribution in [0.3, 0.4) is 0 Å². The Morgan fingerprint density at radius 3 is 2.10 bits per heavy atom. The second kappa shape index (κ2) is 8.64. The topological polar surface area (TPSA) is 85.6 Å². The molecule has 5 heteroatoms. The van der Waals surface area contributed by atoms with E-state index in [0.717, 1.165) is 22.4 Å². The number of nitrogens with one attached hydrogen (secondary N) is 1. The molecule has 152 valence electrons. The lowest BCUT2D eigenvalue weighted by Crippen LogP contribution is -2.23. The van der Waals surface area contributed by atoms with Gasteiger partial charge in [-0.25, -0.2) is 4.98 Å². The van der Waals surface area contributed by atoms with Gasteiger partial charge in [-0.2, -0.15) is 0 Å². The van der Waals surface area contributed by atoms with Crippen molar-refractivity contribution in [2.45, 2.75) is 32.3 Å². The molecule has 5 nitrogen and oxygen atoms in total. The molecule has 4 N–H and O–H groups in total. The van der Waals surface area contributed by atoms with Crippen LogP contribution in [0.2, 0.25) is 0 Å². The number of nitrogens with zero attached hydrogens (tertiary/aromatic N) is 1. The van der Waals surface area contributed by atoms with Gasteiger partial charge in [0.1, 0.15) is 11.6 Å². The number of benzene rings is 2. The SMILES string of the molecule is CC(C)(C)c1ccc(-c2cc(NCC(O)CO)nc(-c3ccc(O)cc3)c2)cc1. The molecule has 0 aliphatic rings. The number of hydrogen-bond acceptors (Lipinski definition) is 5. The molecule has 0 bridgehead atoms. The number of phenols is 1. The van der Waals surface area contributed by atoms with E-state index in [1.807, 2.05) is 24.3 Å². The Labute approximate surface area is 171 Å². The minimum atomic E-state index is -0.858. The van der Waals surface area contributed by atoms with Crippen molar-refractivity contribution in [3.8, 4) is 28.1 Å². The van der Waals surface area contributed by atoms with Crippen LogP contribution in [0.15, 0.2) is 60.7 Å². The van der Waals surface area contributed by atoms with Crippen LogP contribution in [0, 0.1) is 0 Å². The average molecular weight is 392 g/mol. The molecule has 0 aliphatic carbocycles. The number of aromatic nitrogens is 1. The number of rotatable bonds is 6. The van der Waals surface area contributed by atoms with Crippen molar-refractivity contribution in [3.63, 3.8) is 0 Å². The van der Waals surface area contributed by atoms with E-state index in [9.17, 15) is 10.2 Å². The van der Waals surface area contributed by atoms with E-state index >= 15 is 0 Å². The first kappa shape index (κ1) is 20.8. The number of anilines is 1. The lowest BCUT2D eigenvalue weighted by atomic mass is 9.86. The van der Waals surface area contributed by atoms with Gasteiger partial charge in [0.25, 0.3) is 0 Å². The summed E-state index contributed by atoms with van der Waals surface area (Å²) in [5.41, 5.74) is 5.03. The van der Waals surface area contributed by atoms with Crippen LogP contribution in [-0.4, -0.2) is 39.6 Å². The van der Waals surface area contributed by atoms with Gasteiger partial charge >= 0.3 is 0 Å². The normalized spacial score (nSPS) is 12.6. The molecule has 0 spiro atoms. The summed E-state index contributed by atoms with van der Waals surface area (Å²) in [6, 6.07) is 19.3. The molecule has 2 aromatic carbocycles. The van der Waals surface area contributed by atoms with Gasteiger partial charge in [-0.1, -0.05) is 45.0 Å². The largest absolute Gasteiger partial charge is 0.508 e. The molecule has 1 aromatic heterocycles. The first-order valence-electron chi connectivity index (χ1n) is 9.71. The van der Waals surface area contributed by atoms with E-state index in [1.165, 1.54) is 5.56 Å². The average Bonchev–Trinajstić information content (AvgIpc) is 2.71. The quantitative estimate of drug-likeness (QED) is 0.506. The highest BCUT2D eigenvalue weighted by Crippen LogP contribution is 2.30. The Hall–Kier alpha value is -2.89. The second-order valence-electron chi connectivity index (χ2n) is 8.22. The fourth-order valence-electron chi connectivity index (χ4n) is 3.02. The van der Waals surface area contributed by atoms with E-state index in [4.69, 9.17) is 5.11 Å². The molecule has 0 saturated heterocycles. The first-order valence-corrected chi connectivity index (χ1v) is 9.71. The van der Waals surface area contributed by atoms with Crippen LogP contribution in [0.25, 0.3) is 22.4 Å². The van der Waals surface area contributed by atoms with E-state index in [1.54, 1.807) is 12.1 Å². The van der Waals surface area contributed by atoms with Gasteiger partial charge in [0.15, 0.2) is 0 Å². The lowest BCUT2D eigenvalue weighted by molar-refractivity contribution is 0.105. The van der Waals surface area contributed by atoms with Crippen molar-refractivity contribution < 1.29 is 15.3 Å². The highest BCUT2D eigenvalue weighted by molar-refractivity contribution is 5.74. The molecule has 3 rings (SSSR count). The molecule has 3 aromatic rings. The second-order valence-corrected chi connectivity index (χ2v) is 8.22. The maximum absolute atomic E-state index is 9.66. The fourth-order valence-corrected chi connectivity index (χ4v) is 3.02. The fraction of sp³-hybridized carbons (Fsp3) is 0.292. The number of pyridine rings is 1. The molecular weight excluding hydrogens is 364 g/mol. The van der Waals surface area contributed by atoms with Crippen LogP contribution in [0.1, 0.15) is 26.3 Å². The van der Waals surface area contributed by atoms with Crippen LogP contribution < -0.4 is 5.32 Å². The number of hydrogen-bond donors (Lipinski definition) is 4. The lowest BCUT2D eigenvalue weighted by Gasteiger charge is -2.19. The zero-order valence-corrected chi connectivity index (χ0v) is 17.1. The molecule has 1 heterocycles. The van der Waals surface area contributed by atoms with Crippen molar-refractivity contribution in [1.29, 1.82) is 0 Å². The predicted molar refractivity (Wildman–Crippen MR) is 117 cm³/mol. The summed E-state index contributed by atoms with van der Waals surface area (Å²) in [7, 11) is 0. The summed E-state index contributed by atoms with van der Waals surface area (Å²) in [6.45, 7) is 6.44. The standard InChI is InChI=1S/C24H28N2O3/c1-24(2,3)19-8-4-16(5-9-19)18-12-22(17-6-10-20(28)11-7-17)26-23(13-18)25-14-21(29)15-27/h4-13,21,27-29H,14-15H2,1-3H3,(H,25,26). The highest BCUT2D eigenvalue weighted by atomic mass is 16.3. The predicted octanol–water partition coefficient (Wildman–Crippen LogP) is 4.18. The van der Waals surface area contributed by atoms with Gasteiger partial charge in [-0.3, -0.25) is 0 Å². The number of aliphatic hydroxyl groups excluding tert-OH is 2. The Balaban J connectivity index is 2.00. The van der Waals surface area contributed by atoms with Crippen molar-refractivity contribution >= 4 is 5.82 Å². The van der Waals surface area contributed by atoms with Crippen molar-refractivity contribution in [2.75, 3.05) is 18.5 Å². The zero-order valence-electron chi connectivity index (χ0n) is 17.1. The van der Waals surface area contributed by atoms with Gasteiger partial charge in [0.2, 0.25) is 0 Å². The summed E-state index contributed by atoms with van der Waals surface area (Å²) in [4.78, 5) is 4.64. The van der Waals surface area contributed by atoms with Gasteiger partial charge in [0, 0.05) is 12.1 Å². The Bertz CT molecular complexity index is 945. The van der Waals surface area contributed by atoms with Crippen LogP contribution in [0.4, 0.5) is 5.82 Å². The molecule has 0 amide bonds. The van der Waals surface area contributed by atoms with Crippen LogP contribution >= 0.6 is 0 Å². The maximum Gasteiger partial charge on any atom is 0.127 e. The Morgan fingerprint density at radius 1 is 0.897 bits per heavy atom. The third kappa shape index (κ3) is 5.34. The third-order valence-electron chi connectivity index (χ3n) is 4.80. The number of aliphatic hydroxyl groups is 2. The summed E-state index contributed by atoms with van der Waals surface area (Å²) < 4.78 is 0. The third-order valence-corrected chi connectivity index (χ3v) is 4.80. The molecule has 0 fully saturated rings. The summed E-state index contributed by atoms with van der Waals surface area (Å²) in [5, 5.41) is 31.4. The van der Waals surface area contributed by atoms with Gasteiger partial charge in [-0.05, 0) is 58.5 Å². The zero-order chi connectivity index (χ0) is 21.0. The van der Waals surface area contributed by atoms with E-state index in [0.29, 0.717) is 5.82 Å². The number of phenolic OH excluding ortho intramolecular Hbond substituents is 1. The van der Waals surface area contributed by atoms with Gasteiger partial charge < -0.3 is 20.6 Å². The maximum atomic E-state index is 9.66. The highest BCUT2D eigenvalue weighted by Gasteiger charge is 2.14. The summed E-state index contributed by atoms with van der Waals surface area (Å²) >= 11 is 0. The summed E-state index contributed by atoms with van der Waals surface area (Å²) in [5.74, 6) is 0.810. The van der Waals surface area contributed by atoms with E-state index in [2.05, 4.69) is 55.3 Å². The molecular formula is C24H28N2O3. The monoisotopic (exact) mass is 392 g/mol. The minimum absolute atomic E-state index is 0.0844. The van der Waals surface area contributed by atoms with Crippen LogP contribution in [-0.2, 0) is 5.41 Å². The van der Waals surface area contributed by atoms with Gasteiger partial charge in [0.05, 0.1) is 18.4 Å². The molecule has 29 heavy (non-hydrogen) atoms. The van der Waals surface area contributed by atoms with Crippen molar-refractivity contribution in [3.05, 3.63) is 66.2 Å². The first-order chi connectivity index (χ1) is 13.8. The minimum Gasteiger partial charge on any atom is -0.508 e. The van der Waals surface area contributed by atoms with Crippen molar-refractivity contribution in [2.24, 2.45) is 0 Å². The number of aromatic hydroxyl groups is 1. The Morgan fingerprint density at radius 2 is 1.52 bits per heavy atom. The van der Waals surface area contributed by atoms with E-state index < -0.39 is 6.10 Å². The molecule has 1 atom stereocenters. The molecule has 0 saturated carbocycles. The smallest absolute Gasteiger partial charge is 0.127 e. The summed E-state index contributed by atoms with van der Waals surface area (Å²) in [6.07, 6.45) is -0.858. The molecule has 0 radical (unpaired) electrons. The molecule has 0 aliphatic heterocycles. The van der Waals surface area contributed by atoms with Crippen molar-refractivity contribution in [1.82, 2.24) is 4.98 Å².